The predicted octanol–water partition coefficient (Wildman–Crippen LogP) is 2.98. The summed E-state index contributed by atoms with van der Waals surface area (Å²) in [6.07, 6.45) is 5.32. The molecule has 2 N–H and O–H groups in total. The Morgan fingerprint density at radius 2 is 1.86 bits per heavy atom. The fraction of sp³-hybridized carbons (Fsp3) is 0.233. The minimum Gasteiger partial charge on any atom is -0.488 e. The summed E-state index contributed by atoms with van der Waals surface area (Å²) in [6.45, 7) is 0.233. The smallest absolute Gasteiger partial charge is 0.291 e. The zero-order chi connectivity index (χ0) is 29.1. The molecule has 2 aromatic carbocycles. The van der Waals surface area contributed by atoms with Gasteiger partial charge in [0.2, 0.25) is 5.76 Å². The molecule has 2 aromatic heterocycles. The number of benzene rings is 2. The molecular weight excluding hydrogens is 545 g/mol. The van der Waals surface area contributed by atoms with Gasteiger partial charge in [-0.05, 0) is 41.5 Å². The SMILES string of the molecule is O=C1COc2cccc(c2)-c2cncc(c2)C(=O)N[C@@H]2CN(C(=O)c3cnco3)CC[C@@H]2Oc2cc(F)cc(c2)CN1. The minimum absolute atomic E-state index is 0.0537. The van der Waals surface area contributed by atoms with Gasteiger partial charge in [-0.25, -0.2) is 9.37 Å². The summed E-state index contributed by atoms with van der Waals surface area (Å²) in [6, 6.07) is 12.3. The molecule has 4 aromatic rings. The number of likely N-dealkylation sites (tertiary alicyclic amines) is 1. The van der Waals surface area contributed by atoms with Gasteiger partial charge in [0.1, 0.15) is 23.4 Å². The van der Waals surface area contributed by atoms with Crippen LogP contribution in [0, 0.1) is 5.82 Å². The van der Waals surface area contributed by atoms with Gasteiger partial charge in [0.05, 0.1) is 17.8 Å². The lowest BCUT2D eigenvalue weighted by Gasteiger charge is -2.38. The van der Waals surface area contributed by atoms with E-state index < -0.39 is 23.9 Å². The monoisotopic (exact) mass is 571 g/mol. The zero-order valence-electron chi connectivity index (χ0n) is 22.3. The maximum Gasteiger partial charge on any atom is 0.291 e. The Bertz CT molecular complexity index is 1630. The van der Waals surface area contributed by atoms with Crippen LogP contribution in [0.5, 0.6) is 11.5 Å². The number of hydrogen-bond acceptors (Lipinski definition) is 8. The molecule has 214 valence electrons. The number of pyridine rings is 1. The fourth-order valence-corrected chi connectivity index (χ4v) is 4.98. The molecule has 0 spiro atoms. The second-order valence-corrected chi connectivity index (χ2v) is 9.99. The summed E-state index contributed by atoms with van der Waals surface area (Å²) >= 11 is 0. The highest BCUT2D eigenvalue weighted by Crippen LogP contribution is 2.26. The molecule has 2 aliphatic heterocycles. The zero-order valence-corrected chi connectivity index (χ0v) is 22.3. The van der Waals surface area contributed by atoms with Gasteiger partial charge in [-0.2, -0.15) is 0 Å². The predicted molar refractivity (Wildman–Crippen MR) is 146 cm³/mol. The number of hydrogen-bond donors (Lipinski definition) is 2. The third-order valence-corrected chi connectivity index (χ3v) is 7.04. The van der Waals surface area contributed by atoms with Crippen molar-refractivity contribution in [1.82, 2.24) is 25.5 Å². The van der Waals surface area contributed by atoms with Crippen LogP contribution in [0.4, 0.5) is 4.39 Å². The van der Waals surface area contributed by atoms with Gasteiger partial charge in [-0.15, -0.1) is 0 Å². The van der Waals surface area contributed by atoms with Crippen molar-refractivity contribution in [3.63, 3.8) is 0 Å². The van der Waals surface area contributed by atoms with Gasteiger partial charge in [0.15, 0.2) is 13.0 Å². The molecule has 4 heterocycles. The number of carbonyl (C=O) groups is 3. The maximum atomic E-state index is 14.6. The lowest BCUT2D eigenvalue weighted by molar-refractivity contribution is -0.123. The number of piperidine rings is 1. The Labute approximate surface area is 239 Å². The number of nitrogens with one attached hydrogen (secondary N) is 2. The third kappa shape index (κ3) is 6.07. The van der Waals surface area contributed by atoms with Gasteiger partial charge in [0, 0.05) is 50.1 Å². The standard InChI is InChI=1S/C30H26FN5O6/c31-22-6-18-7-24(10-22)42-26-4-5-36(30(39)27-14-33-17-41-27)15-25(26)35-29(38)21-8-20(12-32-13-21)19-2-1-3-23(9-19)40-16-28(37)34-11-18/h1-3,6-10,12-14,17,25-26H,4-5,11,15-16H2,(H,34,37)(H,35,38)/t25-,26+/m1/s1. The quantitative estimate of drug-likeness (QED) is 0.356. The molecular formula is C30H26FN5O6. The van der Waals surface area contributed by atoms with E-state index in [1.165, 1.54) is 30.9 Å². The van der Waals surface area contributed by atoms with Gasteiger partial charge < -0.3 is 29.4 Å². The number of halogens is 1. The summed E-state index contributed by atoms with van der Waals surface area (Å²) in [5.74, 6) is -0.950. The summed E-state index contributed by atoms with van der Waals surface area (Å²) in [7, 11) is 0. The second-order valence-electron chi connectivity index (χ2n) is 9.99. The van der Waals surface area contributed by atoms with Gasteiger partial charge in [0.25, 0.3) is 17.7 Å². The first-order chi connectivity index (χ1) is 20.4. The van der Waals surface area contributed by atoms with Gasteiger partial charge in [-0.3, -0.25) is 19.4 Å². The van der Waals surface area contributed by atoms with Crippen molar-refractivity contribution >= 4 is 17.7 Å². The van der Waals surface area contributed by atoms with Crippen LogP contribution in [0.15, 0.2) is 77.9 Å². The maximum absolute atomic E-state index is 14.6. The molecule has 42 heavy (non-hydrogen) atoms. The first kappa shape index (κ1) is 26.9. The van der Waals surface area contributed by atoms with Crippen LogP contribution in [0.2, 0.25) is 0 Å². The summed E-state index contributed by atoms with van der Waals surface area (Å²) in [5, 5.41) is 5.72. The number of rotatable bonds is 1. The Hall–Kier alpha value is -5.26. The molecule has 6 rings (SSSR count). The number of amides is 3. The van der Waals surface area contributed by atoms with E-state index in [0.717, 1.165) is 5.56 Å². The molecule has 3 amide bonds. The van der Waals surface area contributed by atoms with E-state index in [0.29, 0.717) is 35.4 Å². The van der Waals surface area contributed by atoms with Crippen molar-refractivity contribution in [3.05, 3.63) is 96.2 Å². The van der Waals surface area contributed by atoms with Crippen LogP contribution in [0.25, 0.3) is 11.1 Å². The van der Waals surface area contributed by atoms with Crippen molar-refractivity contribution < 1.29 is 32.7 Å². The van der Waals surface area contributed by atoms with Crippen LogP contribution in [0.3, 0.4) is 0 Å². The first-order valence-corrected chi connectivity index (χ1v) is 13.3. The molecule has 2 atom stereocenters. The van der Waals surface area contributed by atoms with Crippen LogP contribution >= 0.6 is 0 Å². The second kappa shape index (κ2) is 11.7. The van der Waals surface area contributed by atoms with E-state index in [2.05, 4.69) is 20.6 Å². The lowest BCUT2D eigenvalue weighted by atomic mass is 10.00. The summed E-state index contributed by atoms with van der Waals surface area (Å²) < 4.78 is 31.6. The van der Waals surface area contributed by atoms with Crippen LogP contribution in [0.1, 0.15) is 32.9 Å². The van der Waals surface area contributed by atoms with Gasteiger partial charge in [-0.1, -0.05) is 12.1 Å². The van der Waals surface area contributed by atoms with E-state index >= 15 is 0 Å². The fourth-order valence-electron chi connectivity index (χ4n) is 4.98. The van der Waals surface area contributed by atoms with Crippen LogP contribution in [-0.2, 0) is 11.3 Å². The van der Waals surface area contributed by atoms with Crippen molar-refractivity contribution in [1.29, 1.82) is 0 Å². The normalized spacial score (nSPS) is 19.0. The number of ether oxygens (including phenoxy) is 2. The molecule has 2 aliphatic rings. The third-order valence-electron chi connectivity index (χ3n) is 7.04. The average Bonchev–Trinajstić information content (AvgIpc) is 3.54. The van der Waals surface area contributed by atoms with E-state index in [9.17, 15) is 18.8 Å². The molecule has 0 radical (unpaired) electrons. The van der Waals surface area contributed by atoms with Crippen molar-refractivity contribution in [2.75, 3.05) is 19.7 Å². The van der Waals surface area contributed by atoms with Crippen molar-refractivity contribution in [2.45, 2.75) is 25.1 Å². The largest absolute Gasteiger partial charge is 0.488 e. The molecule has 1 fully saturated rings. The molecule has 0 aliphatic carbocycles. The summed E-state index contributed by atoms with van der Waals surface area (Å²) in [5.41, 5.74) is 2.18. The van der Waals surface area contributed by atoms with Crippen LogP contribution < -0.4 is 20.1 Å². The molecule has 12 heteroatoms. The first-order valence-electron chi connectivity index (χ1n) is 13.3. The highest BCUT2D eigenvalue weighted by Gasteiger charge is 2.35. The van der Waals surface area contributed by atoms with Gasteiger partial charge >= 0.3 is 0 Å². The molecule has 0 saturated carbocycles. The number of carbonyl (C=O) groups excluding carboxylic acids is 3. The van der Waals surface area contributed by atoms with E-state index in [1.54, 1.807) is 41.4 Å². The average molecular weight is 572 g/mol. The molecule has 11 nitrogen and oxygen atoms in total. The van der Waals surface area contributed by atoms with E-state index in [1.807, 2.05) is 6.07 Å². The highest BCUT2D eigenvalue weighted by molar-refractivity contribution is 5.95. The molecule has 6 bridgehead atoms. The van der Waals surface area contributed by atoms with Crippen LogP contribution in [-0.4, -0.2) is 64.4 Å². The Morgan fingerprint density at radius 3 is 2.71 bits per heavy atom. The van der Waals surface area contributed by atoms with E-state index in [-0.39, 0.29) is 43.0 Å². The van der Waals surface area contributed by atoms with Crippen molar-refractivity contribution in [3.8, 4) is 22.6 Å². The Morgan fingerprint density at radius 1 is 0.976 bits per heavy atom. The number of aromatic nitrogens is 2. The lowest BCUT2D eigenvalue weighted by Crippen LogP contribution is -2.58. The summed E-state index contributed by atoms with van der Waals surface area (Å²) in [4.78, 5) is 48.6. The number of oxazole rings is 1. The Kier molecular flexibility index (Phi) is 7.50. The van der Waals surface area contributed by atoms with Crippen molar-refractivity contribution in [2.24, 2.45) is 0 Å². The molecule has 1 saturated heterocycles. The Balaban J connectivity index is 1.34. The minimum atomic E-state index is -0.660. The molecule has 0 unspecified atom stereocenters. The topological polar surface area (TPSA) is 136 Å². The number of fused-ring (bicyclic) bond motifs is 8. The highest BCUT2D eigenvalue weighted by atomic mass is 19.1. The number of nitrogens with zero attached hydrogens (tertiary/aromatic N) is 3. The van der Waals surface area contributed by atoms with E-state index in [4.69, 9.17) is 13.9 Å².